The number of hydrogen-bond donors (Lipinski definition) is 2. The highest BCUT2D eigenvalue weighted by Crippen LogP contribution is 2.28. The summed E-state index contributed by atoms with van der Waals surface area (Å²) in [4.78, 5) is 20.7. The SMILES string of the molecule is COc1cc(C)c(C)cc1CCNc1cc(-c2ccc(CC(=O)O)c(SC)c2)ncn1. The van der Waals surface area contributed by atoms with E-state index in [1.807, 2.05) is 30.5 Å². The number of nitrogens with zero attached hydrogens (tertiary/aromatic N) is 2. The molecule has 7 heteroatoms. The average Bonchev–Trinajstić information content (AvgIpc) is 2.76. The van der Waals surface area contributed by atoms with Crippen molar-refractivity contribution in [3.8, 4) is 17.0 Å². The number of carbonyl (C=O) groups is 1. The lowest BCUT2D eigenvalue weighted by atomic mass is 10.0. The van der Waals surface area contributed by atoms with Crippen molar-refractivity contribution in [3.05, 3.63) is 65.0 Å². The van der Waals surface area contributed by atoms with Crippen LogP contribution in [0, 0.1) is 13.8 Å². The van der Waals surface area contributed by atoms with E-state index in [0.29, 0.717) is 6.54 Å². The molecule has 0 atom stereocenters. The fourth-order valence-corrected chi connectivity index (χ4v) is 4.03. The first-order valence-corrected chi connectivity index (χ1v) is 11.2. The zero-order chi connectivity index (χ0) is 22.4. The molecule has 0 aliphatic heterocycles. The van der Waals surface area contributed by atoms with Crippen LogP contribution in [0.3, 0.4) is 0 Å². The summed E-state index contributed by atoms with van der Waals surface area (Å²) in [6.45, 7) is 4.90. The highest BCUT2D eigenvalue weighted by molar-refractivity contribution is 7.98. The molecule has 3 aromatic rings. The van der Waals surface area contributed by atoms with Crippen LogP contribution in [0.25, 0.3) is 11.3 Å². The number of aromatic nitrogens is 2. The number of ether oxygens (including phenoxy) is 1. The standard InChI is InChI=1S/C24H27N3O3S/c1-15-9-18(21(30-3)10-16(15)2)7-8-25-23-13-20(26-14-27-23)17-5-6-19(12-24(28)29)22(11-17)31-4/h5-6,9-11,13-14H,7-8,12H2,1-4H3,(H,28,29)(H,25,26,27). The van der Waals surface area contributed by atoms with Gasteiger partial charge in [-0.2, -0.15) is 0 Å². The van der Waals surface area contributed by atoms with Gasteiger partial charge in [0.15, 0.2) is 0 Å². The van der Waals surface area contributed by atoms with E-state index < -0.39 is 5.97 Å². The van der Waals surface area contributed by atoms with E-state index in [9.17, 15) is 4.79 Å². The van der Waals surface area contributed by atoms with Gasteiger partial charge in [0.2, 0.25) is 0 Å². The summed E-state index contributed by atoms with van der Waals surface area (Å²) in [6.07, 6.45) is 4.30. The molecule has 0 radical (unpaired) electrons. The molecular weight excluding hydrogens is 410 g/mol. The van der Waals surface area contributed by atoms with E-state index >= 15 is 0 Å². The fourth-order valence-electron chi connectivity index (χ4n) is 3.38. The molecule has 0 saturated carbocycles. The second kappa shape index (κ2) is 10.3. The van der Waals surface area contributed by atoms with Crippen LogP contribution in [0.2, 0.25) is 0 Å². The first-order chi connectivity index (χ1) is 14.9. The largest absolute Gasteiger partial charge is 0.496 e. The molecule has 3 rings (SSSR count). The number of nitrogens with one attached hydrogen (secondary N) is 1. The van der Waals surface area contributed by atoms with E-state index in [0.717, 1.165) is 45.3 Å². The molecule has 0 unspecified atom stereocenters. The van der Waals surface area contributed by atoms with Crippen molar-refractivity contribution in [2.45, 2.75) is 31.6 Å². The third kappa shape index (κ3) is 5.76. The maximum atomic E-state index is 11.1. The van der Waals surface area contributed by atoms with E-state index in [1.165, 1.54) is 29.2 Å². The zero-order valence-electron chi connectivity index (χ0n) is 18.2. The number of aryl methyl sites for hydroxylation is 2. The summed E-state index contributed by atoms with van der Waals surface area (Å²) in [6, 6.07) is 11.9. The average molecular weight is 438 g/mol. The van der Waals surface area contributed by atoms with Gasteiger partial charge in [0.05, 0.1) is 19.2 Å². The molecule has 2 aromatic carbocycles. The molecule has 1 aromatic heterocycles. The number of aliphatic carboxylic acids is 1. The Hall–Kier alpha value is -3.06. The Labute approximate surface area is 187 Å². The molecule has 6 nitrogen and oxygen atoms in total. The number of anilines is 1. The lowest BCUT2D eigenvalue weighted by molar-refractivity contribution is -0.136. The molecule has 0 aliphatic carbocycles. The Bertz CT molecular complexity index is 1090. The summed E-state index contributed by atoms with van der Waals surface area (Å²) < 4.78 is 5.52. The van der Waals surface area contributed by atoms with E-state index in [1.54, 1.807) is 7.11 Å². The fraction of sp³-hybridized carbons (Fsp3) is 0.292. The Balaban J connectivity index is 1.73. The third-order valence-corrected chi connectivity index (χ3v) is 6.01. The second-order valence-electron chi connectivity index (χ2n) is 7.31. The molecule has 0 amide bonds. The van der Waals surface area contributed by atoms with Crippen molar-refractivity contribution in [1.82, 2.24) is 9.97 Å². The molecule has 0 spiro atoms. The second-order valence-corrected chi connectivity index (χ2v) is 8.16. The Morgan fingerprint density at radius 3 is 2.58 bits per heavy atom. The van der Waals surface area contributed by atoms with Crippen molar-refractivity contribution >= 4 is 23.5 Å². The molecule has 162 valence electrons. The molecule has 31 heavy (non-hydrogen) atoms. The Kier molecular flexibility index (Phi) is 7.52. The van der Waals surface area contributed by atoms with E-state index in [4.69, 9.17) is 9.84 Å². The van der Waals surface area contributed by atoms with Gasteiger partial charge in [-0.05, 0) is 60.9 Å². The van der Waals surface area contributed by atoms with Crippen LogP contribution in [0.15, 0.2) is 47.6 Å². The van der Waals surface area contributed by atoms with Crippen molar-refractivity contribution < 1.29 is 14.6 Å². The number of thioether (sulfide) groups is 1. The quantitative estimate of drug-likeness (QED) is 0.466. The molecule has 2 N–H and O–H groups in total. The zero-order valence-corrected chi connectivity index (χ0v) is 19.0. The van der Waals surface area contributed by atoms with Gasteiger partial charge in [-0.15, -0.1) is 11.8 Å². The van der Waals surface area contributed by atoms with E-state index in [-0.39, 0.29) is 6.42 Å². The number of rotatable bonds is 9. The van der Waals surface area contributed by atoms with Crippen molar-refractivity contribution in [2.75, 3.05) is 25.2 Å². The lowest BCUT2D eigenvalue weighted by Gasteiger charge is -2.13. The highest BCUT2D eigenvalue weighted by atomic mass is 32.2. The summed E-state index contributed by atoms with van der Waals surface area (Å²) in [7, 11) is 1.70. The first kappa shape index (κ1) is 22.6. The predicted octanol–water partition coefficient (Wildman–Crippen LogP) is 4.77. The van der Waals surface area contributed by atoms with Crippen molar-refractivity contribution in [3.63, 3.8) is 0 Å². The van der Waals surface area contributed by atoms with Crippen LogP contribution in [-0.2, 0) is 17.6 Å². The summed E-state index contributed by atoms with van der Waals surface area (Å²) in [5.41, 5.74) is 6.15. The van der Waals surface area contributed by atoms with Gasteiger partial charge in [-0.1, -0.05) is 18.2 Å². The monoisotopic (exact) mass is 437 g/mol. The van der Waals surface area contributed by atoms with E-state index in [2.05, 4.69) is 41.3 Å². The number of carboxylic acid groups (broad SMARTS) is 1. The maximum Gasteiger partial charge on any atom is 0.307 e. The number of methoxy groups -OCH3 is 1. The Morgan fingerprint density at radius 2 is 1.87 bits per heavy atom. The molecule has 0 fully saturated rings. The van der Waals surface area contributed by atoms with Crippen molar-refractivity contribution in [2.24, 2.45) is 0 Å². The van der Waals surface area contributed by atoms with Gasteiger partial charge in [-0.25, -0.2) is 9.97 Å². The van der Waals surface area contributed by atoms with Gasteiger partial charge < -0.3 is 15.2 Å². The first-order valence-electron chi connectivity index (χ1n) is 10.0. The normalized spacial score (nSPS) is 10.7. The highest BCUT2D eigenvalue weighted by Gasteiger charge is 2.10. The molecule has 0 aliphatic rings. The van der Waals surface area contributed by atoms with Crippen LogP contribution in [0.5, 0.6) is 5.75 Å². The van der Waals surface area contributed by atoms with Crippen LogP contribution in [0.1, 0.15) is 22.3 Å². The number of benzene rings is 2. The molecule has 1 heterocycles. The van der Waals surface area contributed by atoms with Gasteiger partial charge in [0.25, 0.3) is 0 Å². The number of hydrogen-bond acceptors (Lipinski definition) is 6. The Morgan fingerprint density at radius 1 is 1.10 bits per heavy atom. The van der Waals surface area contributed by atoms with Gasteiger partial charge >= 0.3 is 5.97 Å². The van der Waals surface area contributed by atoms with Gasteiger partial charge in [-0.3, -0.25) is 4.79 Å². The minimum Gasteiger partial charge on any atom is -0.496 e. The van der Waals surface area contributed by atoms with Crippen LogP contribution >= 0.6 is 11.8 Å². The van der Waals surface area contributed by atoms with Crippen LogP contribution < -0.4 is 10.1 Å². The molecule has 0 bridgehead atoms. The van der Waals surface area contributed by atoms with Crippen LogP contribution in [0.4, 0.5) is 5.82 Å². The molecule has 0 saturated heterocycles. The minimum atomic E-state index is -0.836. The van der Waals surface area contributed by atoms with Gasteiger partial charge in [0, 0.05) is 23.1 Å². The maximum absolute atomic E-state index is 11.1. The topological polar surface area (TPSA) is 84.3 Å². The van der Waals surface area contributed by atoms with Crippen LogP contribution in [-0.4, -0.2) is 41.0 Å². The summed E-state index contributed by atoms with van der Waals surface area (Å²) >= 11 is 1.53. The third-order valence-electron chi connectivity index (χ3n) is 5.19. The summed E-state index contributed by atoms with van der Waals surface area (Å²) in [5, 5.41) is 12.5. The summed E-state index contributed by atoms with van der Waals surface area (Å²) in [5.74, 6) is 0.810. The lowest BCUT2D eigenvalue weighted by Crippen LogP contribution is -2.08. The smallest absolute Gasteiger partial charge is 0.307 e. The van der Waals surface area contributed by atoms with Gasteiger partial charge in [0.1, 0.15) is 17.9 Å². The predicted molar refractivity (Wildman–Crippen MR) is 125 cm³/mol. The van der Waals surface area contributed by atoms with Crippen molar-refractivity contribution in [1.29, 1.82) is 0 Å². The minimum absolute atomic E-state index is 0.00891. The molecular formula is C24H27N3O3S. The number of carboxylic acids is 1.